The second kappa shape index (κ2) is 4.03. The highest BCUT2D eigenvalue weighted by molar-refractivity contribution is 5.79. The van der Waals surface area contributed by atoms with Crippen molar-refractivity contribution >= 4 is 10.9 Å². The summed E-state index contributed by atoms with van der Waals surface area (Å²) < 4.78 is 7.17. The maximum Gasteiger partial charge on any atom is 0.0731 e. The van der Waals surface area contributed by atoms with Crippen molar-refractivity contribution in [3.63, 3.8) is 0 Å². The van der Waals surface area contributed by atoms with Crippen molar-refractivity contribution in [2.75, 3.05) is 13.7 Å². The molecule has 1 aromatic carbocycles. The number of rotatable bonds is 3. The van der Waals surface area contributed by atoms with Gasteiger partial charge in [-0.3, -0.25) is 4.68 Å². The van der Waals surface area contributed by atoms with Crippen molar-refractivity contribution in [2.45, 2.75) is 19.9 Å². The summed E-state index contributed by atoms with van der Waals surface area (Å²) in [5, 5.41) is 5.58. The fraction of sp³-hybridized carbons (Fsp3) is 0.417. The van der Waals surface area contributed by atoms with E-state index in [-0.39, 0.29) is 6.04 Å². The van der Waals surface area contributed by atoms with Crippen molar-refractivity contribution in [3.8, 4) is 0 Å². The van der Waals surface area contributed by atoms with Crippen LogP contribution in [0.2, 0.25) is 0 Å². The summed E-state index contributed by atoms with van der Waals surface area (Å²) >= 11 is 0. The van der Waals surface area contributed by atoms with Crippen LogP contribution in [0.1, 0.15) is 18.5 Å². The highest BCUT2D eigenvalue weighted by Gasteiger charge is 2.09. The molecule has 3 heteroatoms. The second-order valence-corrected chi connectivity index (χ2v) is 3.96. The predicted molar refractivity (Wildman–Crippen MR) is 61.1 cm³/mol. The first-order chi connectivity index (χ1) is 7.22. The molecule has 1 unspecified atom stereocenters. The molecule has 0 aliphatic heterocycles. The first-order valence-corrected chi connectivity index (χ1v) is 5.15. The highest BCUT2D eigenvalue weighted by atomic mass is 16.5. The van der Waals surface area contributed by atoms with Crippen LogP contribution in [-0.4, -0.2) is 23.5 Å². The standard InChI is InChI=1S/C12H16N2O/c1-9-4-5-11-7-13-14(12(11)6-9)10(2)8-15-3/h4-7,10H,8H2,1-3H3. The summed E-state index contributed by atoms with van der Waals surface area (Å²) in [5.74, 6) is 0. The zero-order valence-corrected chi connectivity index (χ0v) is 9.40. The van der Waals surface area contributed by atoms with Crippen LogP contribution < -0.4 is 0 Å². The van der Waals surface area contributed by atoms with Crippen LogP contribution in [-0.2, 0) is 4.74 Å². The zero-order valence-electron chi connectivity index (χ0n) is 9.40. The molecule has 0 N–H and O–H groups in total. The molecule has 0 bridgehead atoms. The number of ether oxygens (including phenoxy) is 1. The van der Waals surface area contributed by atoms with Gasteiger partial charge in [0.1, 0.15) is 0 Å². The van der Waals surface area contributed by atoms with Gasteiger partial charge in [-0.1, -0.05) is 12.1 Å². The van der Waals surface area contributed by atoms with Crippen molar-refractivity contribution in [1.82, 2.24) is 9.78 Å². The lowest BCUT2D eigenvalue weighted by molar-refractivity contribution is 0.159. The van der Waals surface area contributed by atoms with Crippen LogP contribution in [0, 0.1) is 6.92 Å². The normalized spacial score (nSPS) is 13.3. The van der Waals surface area contributed by atoms with Gasteiger partial charge in [-0.15, -0.1) is 0 Å². The lowest BCUT2D eigenvalue weighted by atomic mass is 10.2. The van der Waals surface area contributed by atoms with Crippen LogP contribution in [0.25, 0.3) is 10.9 Å². The predicted octanol–water partition coefficient (Wildman–Crippen LogP) is 2.55. The number of fused-ring (bicyclic) bond motifs is 1. The molecule has 0 fully saturated rings. The van der Waals surface area contributed by atoms with Gasteiger partial charge in [-0.25, -0.2) is 0 Å². The lowest BCUT2D eigenvalue weighted by Crippen LogP contribution is -2.12. The number of methoxy groups -OCH3 is 1. The Morgan fingerprint density at radius 2 is 2.27 bits per heavy atom. The van der Waals surface area contributed by atoms with E-state index < -0.39 is 0 Å². The topological polar surface area (TPSA) is 27.1 Å². The average molecular weight is 204 g/mol. The molecule has 3 nitrogen and oxygen atoms in total. The minimum absolute atomic E-state index is 0.272. The van der Waals surface area contributed by atoms with Gasteiger partial charge in [-0.05, 0) is 25.5 Å². The quantitative estimate of drug-likeness (QED) is 0.768. The molecule has 0 aliphatic carbocycles. The molecule has 0 aliphatic rings. The average Bonchev–Trinajstić information content (AvgIpc) is 2.60. The van der Waals surface area contributed by atoms with E-state index in [9.17, 15) is 0 Å². The number of aryl methyl sites for hydroxylation is 1. The maximum absolute atomic E-state index is 5.15. The molecule has 2 aromatic rings. The highest BCUT2D eigenvalue weighted by Crippen LogP contribution is 2.19. The molecular weight excluding hydrogens is 188 g/mol. The number of nitrogens with zero attached hydrogens (tertiary/aromatic N) is 2. The van der Waals surface area contributed by atoms with E-state index in [2.05, 4.69) is 37.1 Å². The van der Waals surface area contributed by atoms with E-state index in [4.69, 9.17) is 4.74 Å². The molecule has 1 atom stereocenters. The van der Waals surface area contributed by atoms with E-state index in [1.807, 2.05) is 10.9 Å². The Morgan fingerprint density at radius 1 is 1.47 bits per heavy atom. The zero-order chi connectivity index (χ0) is 10.8. The Bertz CT molecular complexity index is 462. The summed E-state index contributed by atoms with van der Waals surface area (Å²) in [5.41, 5.74) is 2.44. The van der Waals surface area contributed by atoms with E-state index in [0.29, 0.717) is 6.61 Å². The van der Waals surface area contributed by atoms with Crippen LogP contribution in [0.15, 0.2) is 24.4 Å². The van der Waals surface area contributed by atoms with E-state index in [1.165, 1.54) is 16.5 Å². The number of benzene rings is 1. The summed E-state index contributed by atoms with van der Waals surface area (Å²) in [7, 11) is 1.72. The molecule has 0 amide bonds. The molecule has 80 valence electrons. The van der Waals surface area contributed by atoms with E-state index in [1.54, 1.807) is 7.11 Å². The van der Waals surface area contributed by atoms with Crippen LogP contribution in [0.3, 0.4) is 0 Å². The Hall–Kier alpha value is -1.35. The molecule has 0 radical (unpaired) electrons. The van der Waals surface area contributed by atoms with Crippen molar-refractivity contribution in [3.05, 3.63) is 30.0 Å². The van der Waals surface area contributed by atoms with Gasteiger partial charge in [0, 0.05) is 12.5 Å². The fourth-order valence-corrected chi connectivity index (χ4v) is 1.81. The van der Waals surface area contributed by atoms with Gasteiger partial charge >= 0.3 is 0 Å². The summed E-state index contributed by atoms with van der Waals surface area (Å²) in [6.07, 6.45) is 1.90. The van der Waals surface area contributed by atoms with E-state index >= 15 is 0 Å². The van der Waals surface area contributed by atoms with Gasteiger partial charge in [0.25, 0.3) is 0 Å². The SMILES string of the molecule is COCC(C)n1ncc2ccc(C)cc21. The molecule has 0 saturated heterocycles. The third-order valence-corrected chi connectivity index (χ3v) is 2.58. The van der Waals surface area contributed by atoms with Gasteiger partial charge in [-0.2, -0.15) is 5.10 Å². The minimum atomic E-state index is 0.272. The molecule has 15 heavy (non-hydrogen) atoms. The number of hydrogen-bond acceptors (Lipinski definition) is 2. The number of aromatic nitrogens is 2. The van der Waals surface area contributed by atoms with Gasteiger partial charge in [0.2, 0.25) is 0 Å². The first kappa shape index (κ1) is 10.2. The largest absolute Gasteiger partial charge is 0.382 e. The third-order valence-electron chi connectivity index (χ3n) is 2.58. The molecule has 2 rings (SSSR count). The molecular formula is C12H16N2O. The lowest BCUT2D eigenvalue weighted by Gasteiger charge is -2.12. The van der Waals surface area contributed by atoms with E-state index in [0.717, 1.165) is 0 Å². The Balaban J connectivity index is 2.47. The molecule has 1 aromatic heterocycles. The maximum atomic E-state index is 5.15. The second-order valence-electron chi connectivity index (χ2n) is 3.96. The summed E-state index contributed by atoms with van der Waals surface area (Å²) in [6, 6.07) is 6.65. The van der Waals surface area contributed by atoms with Crippen molar-refractivity contribution < 1.29 is 4.74 Å². The van der Waals surface area contributed by atoms with Gasteiger partial charge in [0.15, 0.2) is 0 Å². The molecule has 0 saturated carbocycles. The monoisotopic (exact) mass is 204 g/mol. The van der Waals surface area contributed by atoms with Crippen molar-refractivity contribution in [2.24, 2.45) is 0 Å². The van der Waals surface area contributed by atoms with Gasteiger partial charge in [0.05, 0.1) is 24.4 Å². The van der Waals surface area contributed by atoms with Crippen LogP contribution >= 0.6 is 0 Å². The van der Waals surface area contributed by atoms with Crippen molar-refractivity contribution in [1.29, 1.82) is 0 Å². The fourth-order valence-electron chi connectivity index (χ4n) is 1.81. The molecule has 0 spiro atoms. The summed E-state index contributed by atoms with van der Waals surface area (Å²) in [4.78, 5) is 0. The van der Waals surface area contributed by atoms with Crippen LogP contribution in [0.4, 0.5) is 0 Å². The third kappa shape index (κ3) is 1.88. The Morgan fingerprint density at radius 3 is 3.00 bits per heavy atom. The number of hydrogen-bond donors (Lipinski definition) is 0. The first-order valence-electron chi connectivity index (χ1n) is 5.15. The Kier molecular flexibility index (Phi) is 2.73. The summed E-state index contributed by atoms with van der Waals surface area (Å²) in [6.45, 7) is 4.89. The Labute approximate surface area is 89.7 Å². The molecule has 1 heterocycles. The minimum Gasteiger partial charge on any atom is -0.382 e. The van der Waals surface area contributed by atoms with Crippen LogP contribution in [0.5, 0.6) is 0 Å². The van der Waals surface area contributed by atoms with Gasteiger partial charge < -0.3 is 4.74 Å². The smallest absolute Gasteiger partial charge is 0.0731 e.